The molecule has 1 aromatic carbocycles. The average Bonchev–Trinajstić information content (AvgIpc) is 2.09. The predicted octanol–water partition coefficient (Wildman–Crippen LogP) is 2.30. The highest BCUT2D eigenvalue weighted by atomic mass is 16.1. The van der Waals surface area contributed by atoms with Crippen LogP contribution in [0, 0.1) is 6.92 Å². The van der Waals surface area contributed by atoms with Crippen LogP contribution in [-0.4, -0.2) is 6.08 Å². The van der Waals surface area contributed by atoms with E-state index in [0.29, 0.717) is 0 Å². The van der Waals surface area contributed by atoms with Crippen LogP contribution in [-0.2, 0) is 4.79 Å². The number of hydrogen-bond acceptors (Lipinski definition) is 2. The molecule has 0 atom stereocenters. The van der Waals surface area contributed by atoms with Gasteiger partial charge in [-0.15, -0.1) is 0 Å². The molecule has 2 nitrogen and oxygen atoms in total. The summed E-state index contributed by atoms with van der Waals surface area (Å²) in [4.78, 5) is 13.1. The van der Waals surface area contributed by atoms with Crippen LogP contribution in [0.3, 0.4) is 0 Å². The van der Waals surface area contributed by atoms with Crippen molar-refractivity contribution in [3.05, 3.63) is 41.6 Å². The third-order valence-corrected chi connectivity index (χ3v) is 1.57. The molecule has 0 N–H and O–H groups in total. The van der Waals surface area contributed by atoms with Crippen LogP contribution < -0.4 is 0 Å². The maximum Gasteiger partial charge on any atom is 0.239 e. The number of rotatable bonds is 2. The minimum absolute atomic E-state index is 1.07. The summed E-state index contributed by atoms with van der Waals surface area (Å²) in [5, 5.41) is 0. The first-order chi connectivity index (χ1) is 5.84. The fourth-order valence-corrected chi connectivity index (χ4v) is 0.922. The molecule has 0 bridgehead atoms. The maximum absolute atomic E-state index is 9.74. The molecule has 0 unspecified atom stereocenters. The van der Waals surface area contributed by atoms with E-state index in [1.54, 1.807) is 6.08 Å². The molecule has 0 aromatic heterocycles. The van der Waals surface area contributed by atoms with E-state index in [2.05, 4.69) is 4.99 Å². The van der Waals surface area contributed by atoms with E-state index in [4.69, 9.17) is 0 Å². The molecule has 0 amide bonds. The van der Waals surface area contributed by atoms with Crippen LogP contribution in [0.4, 0.5) is 0 Å². The van der Waals surface area contributed by atoms with Gasteiger partial charge in [0.05, 0.1) is 0 Å². The molecule has 0 spiro atoms. The summed E-state index contributed by atoms with van der Waals surface area (Å²) in [6, 6.07) is 7.88. The third-order valence-electron chi connectivity index (χ3n) is 1.57. The zero-order chi connectivity index (χ0) is 8.81. The van der Waals surface area contributed by atoms with Gasteiger partial charge in [0.25, 0.3) is 0 Å². The van der Waals surface area contributed by atoms with E-state index in [0.717, 1.165) is 11.1 Å². The van der Waals surface area contributed by atoms with E-state index >= 15 is 0 Å². The van der Waals surface area contributed by atoms with E-state index in [1.807, 2.05) is 31.2 Å². The number of benzene rings is 1. The van der Waals surface area contributed by atoms with Crippen LogP contribution in [0.5, 0.6) is 0 Å². The first kappa shape index (κ1) is 8.44. The lowest BCUT2D eigenvalue weighted by Crippen LogP contribution is -1.76. The van der Waals surface area contributed by atoms with Crippen molar-refractivity contribution < 1.29 is 4.79 Å². The molecule has 0 saturated carbocycles. The van der Waals surface area contributed by atoms with Gasteiger partial charge in [-0.1, -0.05) is 24.3 Å². The van der Waals surface area contributed by atoms with Gasteiger partial charge >= 0.3 is 0 Å². The Morgan fingerprint density at radius 1 is 1.42 bits per heavy atom. The largest absolute Gasteiger partial charge is 0.239 e. The predicted molar refractivity (Wildman–Crippen MR) is 48.3 cm³/mol. The van der Waals surface area contributed by atoms with Crippen molar-refractivity contribution in [3.8, 4) is 0 Å². The molecule has 2 heteroatoms. The first-order valence-corrected chi connectivity index (χ1v) is 3.64. The van der Waals surface area contributed by atoms with Crippen LogP contribution in [0.1, 0.15) is 11.1 Å². The Hall–Kier alpha value is -1.66. The Kier molecular flexibility index (Phi) is 3.00. The summed E-state index contributed by atoms with van der Waals surface area (Å²) < 4.78 is 0. The number of aliphatic imine (C=N–C) groups is 1. The number of aryl methyl sites for hydroxylation is 1. The highest BCUT2D eigenvalue weighted by Gasteiger charge is 1.88. The number of nitrogens with zero attached hydrogens (tertiary/aromatic N) is 1. The molecule has 12 heavy (non-hydrogen) atoms. The number of isocyanates is 1. The van der Waals surface area contributed by atoms with E-state index in [1.165, 1.54) is 12.3 Å². The lowest BCUT2D eigenvalue weighted by atomic mass is 10.1. The lowest BCUT2D eigenvalue weighted by molar-refractivity contribution is 0.565. The average molecular weight is 159 g/mol. The lowest BCUT2D eigenvalue weighted by Gasteiger charge is -1.95. The zero-order valence-corrected chi connectivity index (χ0v) is 6.82. The van der Waals surface area contributed by atoms with Gasteiger partial charge < -0.3 is 0 Å². The summed E-state index contributed by atoms with van der Waals surface area (Å²) in [5.41, 5.74) is 2.23. The Bertz CT molecular complexity index is 335. The molecule has 0 aliphatic rings. The van der Waals surface area contributed by atoms with Crippen LogP contribution in [0.2, 0.25) is 0 Å². The van der Waals surface area contributed by atoms with E-state index in [9.17, 15) is 4.79 Å². The van der Waals surface area contributed by atoms with Crippen molar-refractivity contribution in [1.82, 2.24) is 0 Å². The van der Waals surface area contributed by atoms with Gasteiger partial charge in [0.1, 0.15) is 0 Å². The monoisotopic (exact) mass is 159 g/mol. The van der Waals surface area contributed by atoms with Gasteiger partial charge in [0.15, 0.2) is 0 Å². The van der Waals surface area contributed by atoms with Crippen molar-refractivity contribution in [2.24, 2.45) is 4.99 Å². The van der Waals surface area contributed by atoms with Crippen molar-refractivity contribution in [3.63, 3.8) is 0 Å². The van der Waals surface area contributed by atoms with Crippen molar-refractivity contribution in [2.45, 2.75) is 6.92 Å². The van der Waals surface area contributed by atoms with Gasteiger partial charge in [-0.25, -0.2) is 4.79 Å². The van der Waals surface area contributed by atoms with E-state index < -0.39 is 0 Å². The van der Waals surface area contributed by atoms with Crippen LogP contribution in [0.15, 0.2) is 35.5 Å². The molecule has 1 rings (SSSR count). The number of carbonyl (C=O) groups excluding carboxylic acids is 1. The topological polar surface area (TPSA) is 29.4 Å². The van der Waals surface area contributed by atoms with Crippen molar-refractivity contribution in [1.29, 1.82) is 0 Å². The Labute approximate surface area is 71.3 Å². The SMILES string of the molecule is Cc1ccccc1/C=C/N=C=O. The van der Waals surface area contributed by atoms with Crippen molar-refractivity contribution >= 4 is 12.2 Å². The molecule has 0 saturated heterocycles. The molecule has 0 aliphatic heterocycles. The second kappa shape index (κ2) is 4.27. The quantitative estimate of drug-likeness (QED) is 0.481. The molecule has 0 heterocycles. The van der Waals surface area contributed by atoms with Gasteiger partial charge in [0.2, 0.25) is 6.08 Å². The first-order valence-electron chi connectivity index (χ1n) is 3.64. The summed E-state index contributed by atoms with van der Waals surface area (Å²) in [5.74, 6) is 0. The second-order valence-electron chi connectivity index (χ2n) is 2.39. The molecule has 0 aliphatic carbocycles. The van der Waals surface area contributed by atoms with Gasteiger partial charge in [-0.2, -0.15) is 4.99 Å². The van der Waals surface area contributed by atoms with E-state index in [-0.39, 0.29) is 0 Å². The smallest absolute Gasteiger partial charge is 0.211 e. The second-order valence-corrected chi connectivity index (χ2v) is 2.39. The number of hydrogen-bond donors (Lipinski definition) is 0. The van der Waals surface area contributed by atoms with Crippen molar-refractivity contribution in [2.75, 3.05) is 0 Å². The molecule has 0 radical (unpaired) electrons. The summed E-state index contributed by atoms with van der Waals surface area (Å²) >= 11 is 0. The minimum Gasteiger partial charge on any atom is -0.211 e. The zero-order valence-electron chi connectivity index (χ0n) is 6.82. The maximum atomic E-state index is 9.74. The fraction of sp³-hybridized carbons (Fsp3) is 0.100. The highest BCUT2D eigenvalue weighted by molar-refractivity contribution is 5.54. The van der Waals surface area contributed by atoms with Crippen LogP contribution in [0.25, 0.3) is 6.08 Å². The van der Waals surface area contributed by atoms with Gasteiger partial charge in [-0.05, 0) is 24.1 Å². The van der Waals surface area contributed by atoms with Gasteiger partial charge in [-0.3, -0.25) is 0 Å². The molecular weight excluding hydrogens is 150 g/mol. The molecular formula is C10H9NO. The Morgan fingerprint density at radius 2 is 2.17 bits per heavy atom. The molecule has 60 valence electrons. The standard InChI is InChI=1S/C10H9NO/c1-9-4-2-3-5-10(9)6-7-11-8-12/h2-7H,1H3/b7-6+. The Balaban J connectivity index is 2.89. The molecule has 1 aromatic rings. The fourth-order valence-electron chi connectivity index (χ4n) is 0.922. The third kappa shape index (κ3) is 2.19. The van der Waals surface area contributed by atoms with Crippen LogP contribution >= 0.6 is 0 Å². The summed E-state index contributed by atoms with van der Waals surface area (Å²) in [7, 11) is 0. The minimum atomic E-state index is 1.07. The summed E-state index contributed by atoms with van der Waals surface area (Å²) in [6.45, 7) is 2.00. The highest BCUT2D eigenvalue weighted by Crippen LogP contribution is 2.08. The van der Waals surface area contributed by atoms with Gasteiger partial charge in [0, 0.05) is 6.20 Å². The Morgan fingerprint density at radius 3 is 2.83 bits per heavy atom. The normalized spacial score (nSPS) is 9.75. The molecule has 0 fully saturated rings. The summed E-state index contributed by atoms with van der Waals surface area (Å²) in [6.07, 6.45) is 4.66.